The Balaban J connectivity index is 2.11. The summed E-state index contributed by atoms with van der Waals surface area (Å²) in [7, 11) is 0. The van der Waals surface area contributed by atoms with Crippen molar-refractivity contribution in [2.45, 2.75) is 13.0 Å². The Morgan fingerprint density at radius 2 is 2.12 bits per heavy atom. The number of hydrogen-bond donors (Lipinski definition) is 0. The number of benzene rings is 1. The molecule has 17 heavy (non-hydrogen) atoms. The van der Waals surface area contributed by atoms with Crippen molar-refractivity contribution >= 4 is 5.97 Å². The molecule has 6 nitrogen and oxygen atoms in total. The monoisotopic (exact) mass is 232 g/mol. The van der Waals surface area contributed by atoms with Crippen LogP contribution in [0, 0.1) is 0 Å². The molecule has 0 aliphatic heterocycles. The van der Waals surface area contributed by atoms with Crippen LogP contribution in [0.15, 0.2) is 36.9 Å². The van der Waals surface area contributed by atoms with Crippen molar-refractivity contribution in [1.29, 1.82) is 0 Å². The summed E-state index contributed by atoms with van der Waals surface area (Å²) in [5, 5.41) is 14.5. The summed E-state index contributed by atoms with van der Waals surface area (Å²) < 4.78 is 6.73. The van der Waals surface area contributed by atoms with Gasteiger partial charge in [0, 0.05) is 0 Å². The molecule has 0 N–H and O–H groups in total. The van der Waals surface area contributed by atoms with Gasteiger partial charge in [0.2, 0.25) is 0 Å². The lowest BCUT2D eigenvalue weighted by atomic mass is 10.3. The molecule has 0 amide bonds. The van der Waals surface area contributed by atoms with Crippen molar-refractivity contribution in [1.82, 2.24) is 14.8 Å². The zero-order valence-electron chi connectivity index (χ0n) is 9.11. The topological polar surface area (TPSA) is 80.1 Å². The maximum atomic E-state index is 10.5. The normalized spacial score (nSPS) is 12.1. The molecule has 0 aliphatic carbocycles. The molecular weight excluding hydrogens is 222 g/mol. The standard InChI is InChI=1S/C11H11N3O3/c1-8(11(15)16)17-10-4-2-9(3-5-10)14-7-12-6-13-14/h2-8H,1H3,(H,15,16)/p-1/t8-/m1/s1. The highest BCUT2D eigenvalue weighted by atomic mass is 16.5. The van der Waals surface area contributed by atoms with Crippen LogP contribution in [0.2, 0.25) is 0 Å². The summed E-state index contributed by atoms with van der Waals surface area (Å²) in [6.07, 6.45) is 2.02. The molecule has 2 rings (SSSR count). The molecule has 1 aromatic carbocycles. The van der Waals surface area contributed by atoms with E-state index in [0.29, 0.717) is 5.75 Å². The molecular formula is C11H10N3O3-. The Labute approximate surface area is 97.5 Å². The van der Waals surface area contributed by atoms with Crippen LogP contribution in [0.3, 0.4) is 0 Å². The van der Waals surface area contributed by atoms with Gasteiger partial charge >= 0.3 is 0 Å². The van der Waals surface area contributed by atoms with Crippen molar-refractivity contribution in [3.05, 3.63) is 36.9 Å². The highest BCUT2D eigenvalue weighted by Gasteiger charge is 2.04. The summed E-state index contributed by atoms with van der Waals surface area (Å²) in [4.78, 5) is 14.3. The fourth-order valence-corrected chi connectivity index (χ4v) is 1.27. The summed E-state index contributed by atoms with van der Waals surface area (Å²) in [5.74, 6) is -0.782. The summed E-state index contributed by atoms with van der Waals surface area (Å²) in [6, 6.07) is 6.84. The lowest BCUT2D eigenvalue weighted by Crippen LogP contribution is -2.37. The molecule has 2 aromatic rings. The van der Waals surface area contributed by atoms with E-state index < -0.39 is 12.1 Å². The van der Waals surface area contributed by atoms with Crippen molar-refractivity contribution in [2.24, 2.45) is 0 Å². The van der Waals surface area contributed by atoms with Crippen molar-refractivity contribution in [2.75, 3.05) is 0 Å². The number of aromatic nitrogens is 3. The predicted molar refractivity (Wildman–Crippen MR) is 56.5 cm³/mol. The van der Waals surface area contributed by atoms with Gasteiger partial charge in [-0.05, 0) is 31.2 Å². The van der Waals surface area contributed by atoms with E-state index in [1.165, 1.54) is 13.3 Å². The van der Waals surface area contributed by atoms with Gasteiger partial charge in [0.1, 0.15) is 24.5 Å². The van der Waals surface area contributed by atoms with Gasteiger partial charge < -0.3 is 14.6 Å². The molecule has 88 valence electrons. The Morgan fingerprint density at radius 1 is 1.41 bits per heavy atom. The minimum Gasteiger partial charge on any atom is -0.546 e. The molecule has 0 aliphatic rings. The van der Waals surface area contributed by atoms with E-state index in [4.69, 9.17) is 4.74 Å². The molecule has 0 radical (unpaired) electrons. The highest BCUT2D eigenvalue weighted by Crippen LogP contribution is 2.15. The van der Waals surface area contributed by atoms with Gasteiger partial charge in [-0.2, -0.15) is 5.10 Å². The Hall–Kier alpha value is -2.37. The van der Waals surface area contributed by atoms with E-state index in [1.807, 2.05) is 0 Å². The van der Waals surface area contributed by atoms with Crippen LogP contribution in [0.4, 0.5) is 0 Å². The molecule has 0 saturated carbocycles. The quantitative estimate of drug-likeness (QED) is 0.728. The third kappa shape index (κ3) is 2.60. The number of hydrogen-bond acceptors (Lipinski definition) is 5. The van der Waals surface area contributed by atoms with E-state index in [2.05, 4.69) is 10.1 Å². The second kappa shape index (κ2) is 4.65. The first-order valence-corrected chi connectivity index (χ1v) is 4.99. The number of ether oxygens (including phenoxy) is 1. The first-order valence-electron chi connectivity index (χ1n) is 4.99. The van der Waals surface area contributed by atoms with Crippen LogP contribution in [-0.4, -0.2) is 26.8 Å². The average molecular weight is 232 g/mol. The molecule has 0 bridgehead atoms. The van der Waals surface area contributed by atoms with Crippen LogP contribution in [0.1, 0.15) is 6.92 Å². The number of carbonyl (C=O) groups excluding carboxylic acids is 1. The van der Waals surface area contributed by atoms with Crippen molar-refractivity contribution in [3.63, 3.8) is 0 Å². The third-order valence-corrected chi connectivity index (χ3v) is 2.16. The van der Waals surface area contributed by atoms with Crippen LogP contribution in [0.5, 0.6) is 5.75 Å². The summed E-state index contributed by atoms with van der Waals surface area (Å²) >= 11 is 0. The zero-order chi connectivity index (χ0) is 12.3. The molecule has 0 saturated heterocycles. The largest absolute Gasteiger partial charge is 0.546 e. The minimum absolute atomic E-state index is 0.463. The summed E-state index contributed by atoms with van der Waals surface area (Å²) in [5.41, 5.74) is 0.816. The maximum absolute atomic E-state index is 10.5. The van der Waals surface area contributed by atoms with Gasteiger partial charge in [0.25, 0.3) is 0 Å². The fourth-order valence-electron chi connectivity index (χ4n) is 1.27. The first-order chi connectivity index (χ1) is 8.16. The molecule has 1 aromatic heterocycles. The number of rotatable bonds is 4. The number of carbonyl (C=O) groups is 1. The number of nitrogens with zero attached hydrogens (tertiary/aromatic N) is 3. The summed E-state index contributed by atoms with van der Waals surface area (Å²) in [6.45, 7) is 1.42. The molecule has 1 atom stereocenters. The molecule has 1 heterocycles. The molecule has 6 heteroatoms. The average Bonchev–Trinajstić information content (AvgIpc) is 2.83. The zero-order valence-corrected chi connectivity index (χ0v) is 9.11. The van der Waals surface area contributed by atoms with E-state index in [-0.39, 0.29) is 0 Å². The van der Waals surface area contributed by atoms with Gasteiger partial charge in [-0.15, -0.1) is 0 Å². The second-order valence-corrected chi connectivity index (χ2v) is 3.41. The molecule has 0 unspecified atom stereocenters. The van der Waals surface area contributed by atoms with Crippen molar-refractivity contribution < 1.29 is 14.6 Å². The van der Waals surface area contributed by atoms with Gasteiger partial charge in [0.05, 0.1) is 11.7 Å². The number of aliphatic carboxylic acids is 1. The van der Waals surface area contributed by atoms with E-state index in [0.717, 1.165) is 5.69 Å². The van der Waals surface area contributed by atoms with Crippen LogP contribution in [-0.2, 0) is 4.79 Å². The van der Waals surface area contributed by atoms with E-state index >= 15 is 0 Å². The Bertz CT molecular complexity index is 493. The van der Waals surface area contributed by atoms with Gasteiger partial charge in [-0.1, -0.05) is 0 Å². The fraction of sp³-hybridized carbons (Fsp3) is 0.182. The molecule has 0 spiro atoms. The second-order valence-electron chi connectivity index (χ2n) is 3.41. The highest BCUT2D eigenvalue weighted by molar-refractivity contribution is 5.69. The minimum atomic E-state index is -1.25. The number of carboxylic acids is 1. The van der Waals surface area contributed by atoms with Crippen LogP contribution >= 0.6 is 0 Å². The van der Waals surface area contributed by atoms with Crippen molar-refractivity contribution in [3.8, 4) is 11.4 Å². The molecule has 0 fully saturated rings. The van der Waals surface area contributed by atoms with E-state index in [9.17, 15) is 9.90 Å². The lowest BCUT2D eigenvalue weighted by molar-refractivity contribution is -0.312. The Morgan fingerprint density at radius 3 is 2.65 bits per heavy atom. The SMILES string of the molecule is C[C@@H](Oc1ccc(-n2cncn2)cc1)C(=O)[O-]. The lowest BCUT2D eigenvalue weighted by Gasteiger charge is -2.15. The maximum Gasteiger partial charge on any atom is 0.138 e. The van der Waals surface area contributed by atoms with Gasteiger partial charge in [-0.25, -0.2) is 9.67 Å². The van der Waals surface area contributed by atoms with Gasteiger partial charge in [-0.3, -0.25) is 0 Å². The first kappa shape index (κ1) is 11.1. The van der Waals surface area contributed by atoms with E-state index in [1.54, 1.807) is 35.3 Å². The van der Waals surface area contributed by atoms with Crippen LogP contribution < -0.4 is 9.84 Å². The van der Waals surface area contributed by atoms with Gasteiger partial charge in [0.15, 0.2) is 0 Å². The van der Waals surface area contributed by atoms with Crippen LogP contribution in [0.25, 0.3) is 5.69 Å². The third-order valence-electron chi connectivity index (χ3n) is 2.16. The predicted octanol–water partition coefficient (Wildman–Crippen LogP) is -0.216. The smallest absolute Gasteiger partial charge is 0.138 e. The number of carboxylic acid groups (broad SMARTS) is 1. The Kier molecular flexibility index (Phi) is 3.04.